The molecule has 16 atom stereocenters. The molecule has 2 aromatic carbocycles. The van der Waals surface area contributed by atoms with Crippen LogP contribution < -0.4 is 26.5 Å². The van der Waals surface area contributed by atoms with E-state index >= 15 is 0 Å². The third kappa shape index (κ3) is 12.0. The van der Waals surface area contributed by atoms with Crippen molar-refractivity contribution in [2.75, 3.05) is 18.9 Å². The van der Waals surface area contributed by atoms with Crippen LogP contribution in [0.15, 0.2) is 133 Å². The zero-order valence-electron chi connectivity index (χ0n) is 53.7. The van der Waals surface area contributed by atoms with Gasteiger partial charge in [-0.25, -0.2) is 19.2 Å². The molecule has 0 amide bonds. The molecule has 4 N–H and O–H groups in total. The minimum absolute atomic E-state index is 0. The van der Waals surface area contributed by atoms with Crippen LogP contribution in [0.5, 0.6) is 11.5 Å². The molecule has 0 spiro atoms. The Morgan fingerprint density at radius 3 is 1.41 bits per heavy atom. The van der Waals surface area contributed by atoms with E-state index < -0.39 is 98.3 Å². The van der Waals surface area contributed by atoms with E-state index in [9.17, 15) is 39.0 Å². The van der Waals surface area contributed by atoms with Crippen molar-refractivity contribution in [3.8, 4) is 34.1 Å². The quantitative estimate of drug-likeness (QED) is 0.0206. The topological polar surface area (TPSA) is 325 Å². The van der Waals surface area contributed by atoms with E-state index in [1.807, 2.05) is 13.8 Å². The number of nitrogen functional groups attached to an aromatic ring is 1. The Hall–Kier alpha value is -8.12. The highest BCUT2D eigenvalue weighted by Crippen LogP contribution is 2.70. The van der Waals surface area contributed by atoms with Crippen molar-refractivity contribution in [1.82, 2.24) is 9.97 Å². The Morgan fingerprint density at radius 1 is 0.645 bits per heavy atom. The Balaban J connectivity index is 0.000000201. The number of hydrogen-bond acceptors (Lipinski definition) is 20. The third-order valence-corrected chi connectivity index (χ3v) is 22.3. The lowest BCUT2D eigenvalue weighted by Gasteiger charge is -2.66. The van der Waals surface area contributed by atoms with Crippen LogP contribution >= 0.6 is 24.0 Å². The molecule has 492 valence electrons. The maximum atomic E-state index is 13.7. The Morgan fingerprint density at radius 2 is 1.04 bits per heavy atom. The van der Waals surface area contributed by atoms with Crippen LogP contribution in [0.3, 0.4) is 0 Å². The zero-order valence-corrected chi connectivity index (χ0v) is 56.0. The van der Waals surface area contributed by atoms with Crippen molar-refractivity contribution in [3.63, 3.8) is 0 Å². The van der Waals surface area contributed by atoms with E-state index in [0.717, 1.165) is 19.3 Å². The van der Waals surface area contributed by atoms with Gasteiger partial charge in [0.15, 0.2) is 0 Å². The average Bonchev–Trinajstić information content (AvgIpc) is 0.693. The fourth-order valence-corrected chi connectivity index (χ4v) is 17.1. The van der Waals surface area contributed by atoms with E-state index in [4.69, 9.17) is 48.5 Å². The monoisotopic (exact) mass is 1390 g/mol. The van der Waals surface area contributed by atoms with Crippen molar-refractivity contribution in [2.24, 2.45) is 62.3 Å². The largest absolute Gasteiger partial charge is 0.482 e. The van der Waals surface area contributed by atoms with Gasteiger partial charge < -0.3 is 53.2 Å². The van der Waals surface area contributed by atoms with E-state index in [1.165, 1.54) is 38.1 Å². The number of pyridine rings is 2. The fraction of sp³-hybridized carbons (Fsp3) is 0.486. The molecule has 4 saturated carbocycles. The van der Waals surface area contributed by atoms with Crippen LogP contribution in [0.25, 0.3) is 33.1 Å². The maximum absolute atomic E-state index is 13.7. The molecule has 0 bridgehead atoms. The third-order valence-electron chi connectivity index (χ3n) is 22.3. The highest BCUT2D eigenvalue weighted by Gasteiger charge is 2.72. The number of nitrogens with two attached hydrogens (primary N) is 1. The summed E-state index contributed by atoms with van der Waals surface area (Å²) in [6, 6.07) is 22.7. The number of azide groups is 1. The number of fused-ring (bicyclic) bond motifs is 8. The first-order chi connectivity index (χ1) is 43.6. The summed E-state index contributed by atoms with van der Waals surface area (Å²) in [6.45, 7) is 19.4. The van der Waals surface area contributed by atoms with E-state index in [1.54, 1.807) is 85.5 Å². The second kappa shape index (κ2) is 25.6. The number of ether oxygens (including phenoxy) is 6. The number of halogens is 1. The predicted molar refractivity (Wildman–Crippen MR) is 350 cm³/mol. The number of carbonyl (C=O) groups excluding carboxylic acids is 4. The van der Waals surface area contributed by atoms with Crippen molar-refractivity contribution < 1.29 is 66.6 Å². The molecule has 6 heterocycles. The van der Waals surface area contributed by atoms with Crippen LogP contribution in [0.1, 0.15) is 152 Å². The van der Waals surface area contributed by atoms with Crippen molar-refractivity contribution in [3.05, 3.63) is 163 Å². The van der Waals surface area contributed by atoms with Crippen molar-refractivity contribution in [1.29, 1.82) is 0 Å². The SMILES string of the molecule is CC(=O)OC[C@@]1(C)C2C[C@H](OC(=O)c3ccc(N)cc3)[C@@]3(C)Oc4cc(-c5cccnc5)oc(=O)c4[C@H](O)C3[C@@]2(C)CC[C@@H]1C.CC(=O)OC[C@@]1(C)C2C[C@H](OC(=O)c3ccc(N=[N+]=[N-])cc3)[C@@]3(C)Oc4cc(-c5cccnc5)oc(=O)c4[C@H](O)C3[C@@]2(C)CC[C@@H]1C.I. The number of nitrogens with zero attached hydrogens (tertiary/aromatic N) is 5. The average molecular weight is 1390 g/mol. The van der Waals surface area contributed by atoms with Gasteiger partial charge in [-0.15, -0.1) is 24.0 Å². The summed E-state index contributed by atoms with van der Waals surface area (Å²) in [6.07, 6.45) is 5.82. The normalized spacial score (nSPS) is 32.6. The van der Waals surface area contributed by atoms with Crippen LogP contribution in [-0.4, -0.2) is 80.7 Å². The smallest absolute Gasteiger partial charge is 0.345 e. The number of aromatic nitrogens is 2. The van der Waals surface area contributed by atoms with Gasteiger partial charge in [-0.1, -0.05) is 58.8 Å². The molecule has 23 heteroatoms. The van der Waals surface area contributed by atoms with E-state index in [0.29, 0.717) is 47.3 Å². The summed E-state index contributed by atoms with van der Waals surface area (Å²) < 4.78 is 48.9. The van der Waals surface area contributed by atoms with E-state index in [-0.39, 0.29) is 107 Å². The van der Waals surface area contributed by atoms with Gasteiger partial charge in [-0.2, -0.15) is 0 Å². The zero-order chi connectivity index (χ0) is 66.0. The van der Waals surface area contributed by atoms with Gasteiger partial charge in [-0.3, -0.25) is 19.6 Å². The minimum atomic E-state index is -1.31. The highest BCUT2D eigenvalue weighted by molar-refractivity contribution is 14.0. The van der Waals surface area contributed by atoms with Crippen LogP contribution in [-0.2, 0) is 28.5 Å². The molecule has 4 aliphatic carbocycles. The number of aliphatic hydroxyl groups excluding tert-OH is 2. The van der Waals surface area contributed by atoms with Gasteiger partial charge in [0.1, 0.15) is 57.6 Å². The number of carbonyl (C=O) groups is 4. The molecule has 4 unspecified atom stereocenters. The molecule has 12 rings (SSSR count). The summed E-state index contributed by atoms with van der Waals surface area (Å²) in [5.41, 5.74) is 11.0. The molecule has 93 heavy (non-hydrogen) atoms. The number of aliphatic hydroxyl groups is 2. The maximum Gasteiger partial charge on any atom is 0.345 e. The molecule has 0 radical (unpaired) electrons. The molecule has 4 fully saturated rings. The first-order valence-electron chi connectivity index (χ1n) is 31.2. The first kappa shape index (κ1) is 67.8. The van der Waals surface area contributed by atoms with Gasteiger partial charge in [0.25, 0.3) is 0 Å². The van der Waals surface area contributed by atoms with Gasteiger partial charge >= 0.3 is 35.1 Å². The van der Waals surface area contributed by atoms with Gasteiger partial charge in [-0.05, 0) is 153 Å². The highest BCUT2D eigenvalue weighted by atomic mass is 127. The summed E-state index contributed by atoms with van der Waals surface area (Å²) >= 11 is 0. The molecule has 22 nitrogen and oxygen atoms in total. The molecule has 0 saturated heterocycles. The number of esters is 4. The first-order valence-corrected chi connectivity index (χ1v) is 31.2. The van der Waals surface area contributed by atoms with Crippen molar-refractivity contribution >= 4 is 59.2 Å². The standard InChI is InChI=1S/C35H38N4O8.C35H40N2O8.HI/c1-19-12-13-33(3)26(34(19,4)18-44-20(2)40)16-27(46-31(42)21-8-10-23(11-9-21)38-39-36)35(5)30(33)29(41)28-25(47-35)15-24(45-32(28)43)22-7-6-14-37-17-22;1-19-12-13-33(3)26(34(19,4)18-42-20(2)38)16-27(44-31(40)21-8-10-23(36)11-9-21)35(5)30(33)29(39)28-25(45-35)15-24(43-32(28)41)22-7-6-14-37-17-22;/h6-11,14-15,17,19,26-27,29-30,41H,12-13,16,18H2,1-5H3;6-11,14-15,17,19,26-27,29-30,39H,12-13,16,18,36H2,1-5H3;1H/t2*19-,26?,27-,29-,30?,33-,34+,35+;/m00./s1. The summed E-state index contributed by atoms with van der Waals surface area (Å²) in [4.78, 5) is 89.5. The Bertz CT molecular complexity index is 4000. The summed E-state index contributed by atoms with van der Waals surface area (Å²) in [7, 11) is 0. The lowest BCUT2D eigenvalue weighted by Crippen LogP contribution is -2.70. The molecular formula is C70H79IN6O16. The lowest BCUT2D eigenvalue weighted by molar-refractivity contribution is -0.257. The number of anilines is 1. The van der Waals surface area contributed by atoms with Gasteiger partial charge in [0.05, 0.1) is 36.5 Å². The molecule has 4 aromatic heterocycles. The molecule has 6 aromatic rings. The van der Waals surface area contributed by atoms with E-state index in [2.05, 4.69) is 61.5 Å². The summed E-state index contributed by atoms with van der Waals surface area (Å²) in [5.74, 6) is -2.59. The molecular weight excluding hydrogens is 1310 g/mol. The van der Waals surface area contributed by atoms with Crippen LogP contribution in [0, 0.1) is 57.2 Å². The molecule has 6 aliphatic rings. The van der Waals surface area contributed by atoms with Crippen molar-refractivity contribution in [2.45, 2.75) is 143 Å². The van der Waals surface area contributed by atoms with Gasteiger partial charge in [0, 0.05) is 101 Å². The Labute approximate surface area is 554 Å². The predicted octanol–water partition coefficient (Wildman–Crippen LogP) is 12.6. The number of rotatable bonds is 11. The van der Waals surface area contributed by atoms with Gasteiger partial charge in [0.2, 0.25) is 0 Å². The van der Waals surface area contributed by atoms with Crippen LogP contribution in [0.4, 0.5) is 11.4 Å². The number of benzene rings is 2. The summed E-state index contributed by atoms with van der Waals surface area (Å²) in [5, 5.41) is 28.1. The Kier molecular flexibility index (Phi) is 18.7. The fourth-order valence-electron chi connectivity index (χ4n) is 17.1. The lowest BCUT2D eigenvalue weighted by atomic mass is 9.41. The minimum Gasteiger partial charge on any atom is -0.482 e. The second-order valence-corrected chi connectivity index (χ2v) is 27.4. The van der Waals surface area contributed by atoms with Crippen LogP contribution in [0.2, 0.25) is 0 Å². The second-order valence-electron chi connectivity index (χ2n) is 27.4. The molecule has 2 aliphatic heterocycles. The number of hydrogen-bond donors (Lipinski definition) is 3.